The summed E-state index contributed by atoms with van der Waals surface area (Å²) in [7, 11) is 0. The molecule has 0 unspecified atom stereocenters. The highest BCUT2D eigenvalue weighted by Gasteiger charge is 2.00. The highest BCUT2D eigenvalue weighted by molar-refractivity contribution is 7.14. The van der Waals surface area contributed by atoms with E-state index in [2.05, 4.69) is 0 Å². The molecule has 0 fully saturated rings. The smallest absolute Gasteiger partial charge is 0.116 e. The lowest BCUT2D eigenvalue weighted by molar-refractivity contribution is 0.475. The molecule has 2 aromatic rings. The summed E-state index contributed by atoms with van der Waals surface area (Å²) in [4.78, 5) is 0. The molecular weight excluding hydrogens is 182 g/mol. The molecule has 0 aliphatic carbocycles. The van der Waals surface area contributed by atoms with Crippen LogP contribution in [0, 0.1) is 0 Å². The van der Waals surface area contributed by atoms with Crippen LogP contribution in [-0.4, -0.2) is 5.11 Å². The van der Waals surface area contributed by atoms with Gasteiger partial charge in [-0.25, -0.2) is 0 Å². The first-order chi connectivity index (χ1) is 6.25. The van der Waals surface area contributed by atoms with Crippen molar-refractivity contribution in [2.24, 2.45) is 0 Å². The van der Waals surface area contributed by atoms with Crippen LogP contribution in [0.4, 0.5) is 5.00 Å². The van der Waals surface area contributed by atoms with Gasteiger partial charge < -0.3 is 10.8 Å². The molecule has 2 rings (SSSR count). The number of thiophene rings is 1. The van der Waals surface area contributed by atoms with Gasteiger partial charge in [-0.1, -0.05) is 12.1 Å². The van der Waals surface area contributed by atoms with Crippen molar-refractivity contribution in [2.75, 3.05) is 5.73 Å². The quantitative estimate of drug-likeness (QED) is 0.728. The van der Waals surface area contributed by atoms with E-state index in [1.165, 1.54) is 11.3 Å². The third-order valence-corrected chi connectivity index (χ3v) is 2.56. The lowest BCUT2D eigenvalue weighted by Crippen LogP contribution is -1.75. The zero-order valence-electron chi connectivity index (χ0n) is 6.90. The molecule has 0 bridgehead atoms. The fourth-order valence-electron chi connectivity index (χ4n) is 1.19. The van der Waals surface area contributed by atoms with E-state index in [4.69, 9.17) is 5.73 Å². The Morgan fingerprint density at radius 3 is 2.62 bits per heavy atom. The molecule has 0 saturated carbocycles. The van der Waals surface area contributed by atoms with E-state index in [0.29, 0.717) is 0 Å². The molecule has 3 heteroatoms. The second kappa shape index (κ2) is 3.11. The normalized spacial score (nSPS) is 10.2. The van der Waals surface area contributed by atoms with Crippen LogP contribution in [0.3, 0.4) is 0 Å². The van der Waals surface area contributed by atoms with Gasteiger partial charge in [-0.05, 0) is 29.3 Å². The Labute approximate surface area is 80.3 Å². The minimum atomic E-state index is 0.280. The van der Waals surface area contributed by atoms with Crippen molar-refractivity contribution in [3.8, 4) is 16.9 Å². The Kier molecular flexibility index (Phi) is 1.94. The lowest BCUT2D eigenvalue weighted by atomic mass is 10.1. The number of phenols is 1. The molecular formula is C10H9NOS. The minimum Gasteiger partial charge on any atom is -0.508 e. The number of nitrogens with two attached hydrogens (primary N) is 1. The van der Waals surface area contributed by atoms with Crippen molar-refractivity contribution in [1.29, 1.82) is 0 Å². The molecule has 1 heterocycles. The average Bonchev–Trinajstić information content (AvgIpc) is 2.52. The fraction of sp³-hybridized carbons (Fsp3) is 0. The molecule has 0 atom stereocenters. The largest absolute Gasteiger partial charge is 0.508 e. The highest BCUT2D eigenvalue weighted by atomic mass is 32.1. The summed E-state index contributed by atoms with van der Waals surface area (Å²) in [5, 5.41) is 12.0. The molecule has 0 aliphatic rings. The Morgan fingerprint density at radius 2 is 2.00 bits per heavy atom. The van der Waals surface area contributed by atoms with E-state index in [1.54, 1.807) is 12.1 Å². The summed E-state index contributed by atoms with van der Waals surface area (Å²) in [5.74, 6) is 0.280. The predicted octanol–water partition coefficient (Wildman–Crippen LogP) is 2.70. The van der Waals surface area contributed by atoms with Crippen molar-refractivity contribution in [1.82, 2.24) is 0 Å². The van der Waals surface area contributed by atoms with Crippen LogP contribution >= 0.6 is 11.3 Å². The van der Waals surface area contributed by atoms with Crippen LogP contribution in [0.5, 0.6) is 5.75 Å². The highest BCUT2D eigenvalue weighted by Crippen LogP contribution is 2.28. The van der Waals surface area contributed by atoms with Gasteiger partial charge in [-0.15, -0.1) is 11.3 Å². The molecule has 66 valence electrons. The second-order valence-corrected chi connectivity index (χ2v) is 3.73. The monoisotopic (exact) mass is 191 g/mol. The Hall–Kier alpha value is -1.48. The molecule has 0 saturated heterocycles. The standard InChI is InChI=1S/C10H9NOS/c11-10-5-8(6-13-10)7-2-1-3-9(12)4-7/h1-6,12H,11H2. The van der Waals surface area contributed by atoms with Crippen molar-refractivity contribution in [3.63, 3.8) is 0 Å². The van der Waals surface area contributed by atoms with E-state index < -0.39 is 0 Å². The number of nitrogen functional groups attached to an aromatic ring is 1. The first kappa shape index (κ1) is 8.13. The third kappa shape index (κ3) is 1.65. The Bertz CT molecular complexity index is 422. The van der Waals surface area contributed by atoms with Crippen molar-refractivity contribution in [3.05, 3.63) is 35.7 Å². The van der Waals surface area contributed by atoms with Gasteiger partial charge in [0, 0.05) is 5.38 Å². The molecule has 0 radical (unpaired) electrons. The number of benzene rings is 1. The van der Waals surface area contributed by atoms with E-state index in [-0.39, 0.29) is 5.75 Å². The summed E-state index contributed by atoms with van der Waals surface area (Å²) in [6.45, 7) is 0. The zero-order valence-corrected chi connectivity index (χ0v) is 7.71. The Morgan fingerprint density at radius 1 is 1.15 bits per heavy atom. The molecule has 1 aromatic carbocycles. The number of aromatic hydroxyl groups is 1. The lowest BCUT2D eigenvalue weighted by Gasteiger charge is -1.97. The van der Waals surface area contributed by atoms with Gasteiger partial charge >= 0.3 is 0 Å². The maximum atomic E-state index is 9.25. The molecule has 0 amide bonds. The first-order valence-electron chi connectivity index (χ1n) is 3.89. The van der Waals surface area contributed by atoms with Gasteiger partial charge in [0.15, 0.2) is 0 Å². The predicted molar refractivity (Wildman–Crippen MR) is 55.8 cm³/mol. The van der Waals surface area contributed by atoms with Gasteiger partial charge in [0.25, 0.3) is 0 Å². The summed E-state index contributed by atoms with van der Waals surface area (Å²) < 4.78 is 0. The SMILES string of the molecule is Nc1cc(-c2cccc(O)c2)cs1. The summed E-state index contributed by atoms with van der Waals surface area (Å²) in [6.07, 6.45) is 0. The third-order valence-electron chi connectivity index (χ3n) is 1.80. The number of rotatable bonds is 1. The van der Waals surface area contributed by atoms with E-state index in [9.17, 15) is 5.11 Å². The van der Waals surface area contributed by atoms with Crippen LogP contribution in [0.25, 0.3) is 11.1 Å². The van der Waals surface area contributed by atoms with Gasteiger partial charge in [0.2, 0.25) is 0 Å². The molecule has 0 aliphatic heterocycles. The van der Waals surface area contributed by atoms with Gasteiger partial charge in [-0.3, -0.25) is 0 Å². The van der Waals surface area contributed by atoms with E-state index in [1.807, 2.05) is 23.6 Å². The Balaban J connectivity index is 2.46. The zero-order chi connectivity index (χ0) is 9.26. The number of phenolic OH excluding ortho intramolecular Hbond substituents is 1. The van der Waals surface area contributed by atoms with Crippen LogP contribution in [0.1, 0.15) is 0 Å². The summed E-state index contributed by atoms with van der Waals surface area (Å²) in [6, 6.07) is 9.04. The van der Waals surface area contributed by atoms with Gasteiger partial charge in [0.05, 0.1) is 5.00 Å². The number of hydrogen-bond acceptors (Lipinski definition) is 3. The van der Waals surface area contributed by atoms with Crippen LogP contribution in [0.15, 0.2) is 35.7 Å². The number of hydrogen-bond donors (Lipinski definition) is 2. The van der Waals surface area contributed by atoms with Crippen molar-refractivity contribution >= 4 is 16.3 Å². The van der Waals surface area contributed by atoms with Crippen LogP contribution < -0.4 is 5.73 Å². The maximum absolute atomic E-state index is 9.25. The van der Waals surface area contributed by atoms with Crippen molar-refractivity contribution < 1.29 is 5.11 Å². The first-order valence-corrected chi connectivity index (χ1v) is 4.77. The fourth-order valence-corrected chi connectivity index (χ4v) is 1.85. The molecule has 2 nitrogen and oxygen atoms in total. The van der Waals surface area contributed by atoms with Gasteiger partial charge in [-0.2, -0.15) is 0 Å². The maximum Gasteiger partial charge on any atom is 0.116 e. The topological polar surface area (TPSA) is 46.2 Å². The molecule has 0 spiro atoms. The van der Waals surface area contributed by atoms with Gasteiger partial charge in [0.1, 0.15) is 5.75 Å². The second-order valence-electron chi connectivity index (χ2n) is 2.79. The minimum absolute atomic E-state index is 0.280. The molecule has 1 aromatic heterocycles. The van der Waals surface area contributed by atoms with E-state index in [0.717, 1.165) is 16.1 Å². The summed E-state index contributed by atoms with van der Waals surface area (Å²) in [5.41, 5.74) is 7.66. The molecule has 13 heavy (non-hydrogen) atoms. The summed E-state index contributed by atoms with van der Waals surface area (Å²) >= 11 is 1.50. The van der Waals surface area contributed by atoms with E-state index >= 15 is 0 Å². The van der Waals surface area contributed by atoms with Crippen LogP contribution in [-0.2, 0) is 0 Å². The van der Waals surface area contributed by atoms with Crippen LogP contribution in [0.2, 0.25) is 0 Å². The molecule has 3 N–H and O–H groups in total. The number of anilines is 1. The van der Waals surface area contributed by atoms with Crippen molar-refractivity contribution in [2.45, 2.75) is 0 Å². The average molecular weight is 191 g/mol.